The number of carbonyl (C=O) groups excluding carboxylic acids is 1. The Hall–Kier alpha value is -1.09. The summed E-state index contributed by atoms with van der Waals surface area (Å²) < 4.78 is 21.8. The molecule has 0 radical (unpaired) electrons. The molecule has 0 aromatic rings. The first-order valence-electron chi connectivity index (χ1n) is 11.4. The van der Waals surface area contributed by atoms with Crippen LogP contribution in [0.25, 0.3) is 0 Å². The molecule has 2 unspecified atom stereocenters. The van der Waals surface area contributed by atoms with E-state index in [9.17, 15) is 55.9 Å². The van der Waals surface area contributed by atoms with Gasteiger partial charge in [0.1, 0.15) is 67.1 Å². The van der Waals surface area contributed by atoms with Crippen LogP contribution in [0, 0.1) is 0 Å². The second-order valence-electron chi connectivity index (χ2n) is 9.31. The van der Waals surface area contributed by atoms with Gasteiger partial charge < -0.3 is 75.3 Å². The fourth-order valence-corrected chi connectivity index (χ4v) is 4.78. The molecular weight excluding hydrogens is 494 g/mol. The summed E-state index contributed by atoms with van der Waals surface area (Å²) in [5.74, 6) is -0.660. The highest BCUT2D eigenvalue weighted by atomic mass is 16.7. The van der Waals surface area contributed by atoms with Gasteiger partial charge in [-0.15, -0.1) is 0 Å². The van der Waals surface area contributed by atoms with E-state index in [-0.39, 0.29) is 0 Å². The van der Waals surface area contributed by atoms with Gasteiger partial charge in [0.15, 0.2) is 18.2 Å². The van der Waals surface area contributed by atoms with Gasteiger partial charge in [-0.2, -0.15) is 0 Å². The van der Waals surface area contributed by atoms with Crippen molar-refractivity contribution in [3.63, 3.8) is 0 Å². The summed E-state index contributed by atoms with van der Waals surface area (Å²) in [4.78, 5) is 11.5. The Labute approximate surface area is 205 Å². The van der Waals surface area contributed by atoms with Crippen molar-refractivity contribution in [1.29, 1.82) is 0 Å². The number of nitrogens with one attached hydrogen (secondary N) is 1. The van der Waals surface area contributed by atoms with E-state index in [0.717, 1.165) is 6.92 Å². The zero-order chi connectivity index (χ0) is 27.1. The largest absolute Gasteiger partial charge is 0.394 e. The maximum atomic E-state index is 11.6. The van der Waals surface area contributed by atoms with Gasteiger partial charge in [0, 0.05) is 6.92 Å². The molecule has 0 aromatic carbocycles. The van der Waals surface area contributed by atoms with E-state index >= 15 is 0 Å². The molecule has 0 aromatic heterocycles. The maximum absolute atomic E-state index is 11.6. The quantitative estimate of drug-likeness (QED) is 0.153. The van der Waals surface area contributed by atoms with Crippen molar-refractivity contribution in [1.82, 2.24) is 5.32 Å². The molecule has 3 heterocycles. The van der Waals surface area contributed by atoms with Crippen LogP contribution in [0.4, 0.5) is 0 Å². The average Bonchev–Trinajstić information content (AvgIpc) is 2.83. The maximum Gasteiger partial charge on any atom is 0.217 e. The molecular formula is C20H35NO15. The Morgan fingerprint density at radius 1 is 0.861 bits per heavy atom. The second-order valence-corrected chi connectivity index (χ2v) is 9.31. The molecule has 0 aliphatic carbocycles. The van der Waals surface area contributed by atoms with E-state index in [1.54, 1.807) is 0 Å². The predicted molar refractivity (Wildman–Crippen MR) is 112 cm³/mol. The molecule has 36 heavy (non-hydrogen) atoms. The summed E-state index contributed by atoms with van der Waals surface area (Å²) in [6, 6.07) is -1.47. The van der Waals surface area contributed by atoms with Gasteiger partial charge in [-0.05, 0) is 6.92 Å². The molecule has 11 N–H and O–H groups in total. The molecule has 3 rings (SSSR count). The van der Waals surface area contributed by atoms with Gasteiger partial charge >= 0.3 is 0 Å². The van der Waals surface area contributed by atoms with Crippen LogP contribution >= 0.6 is 0 Å². The number of ether oxygens (including phenoxy) is 4. The topological polar surface area (TPSA) is 268 Å². The van der Waals surface area contributed by atoms with Gasteiger partial charge in [0.05, 0.1) is 19.3 Å². The van der Waals surface area contributed by atoms with Crippen molar-refractivity contribution in [2.75, 3.05) is 13.2 Å². The standard InChI is InChI=1S/C20H35NO15/c1-5-10(25)13(28)14(29)17(33-5)20(32)16(30)11(26)7(3-22)35-19(20)36-15-8(4-23)34-18(31)9(12(15)27)21-6(2)24/h5,7-19,22-23,25-32H,3-4H2,1-2H3,(H,21,24)/t5-,7+,8+,9+,10+,11-,12+,13+,14-,15+,16-,17?,18?,19-,20-/m0/s1. The molecule has 0 spiro atoms. The van der Waals surface area contributed by atoms with E-state index in [2.05, 4.69) is 5.32 Å². The SMILES string of the molecule is CC(=O)N[C@H]1C(O)O[C@H](CO)[C@@H](O[C@@H]2O[C@H](CO)[C@H](O)[C@H](O)[C@]2(O)C2O[C@@H](C)[C@@H](O)[C@@H](O)[C@@H]2O)[C@@H]1O. The molecule has 210 valence electrons. The Balaban J connectivity index is 1.99. The summed E-state index contributed by atoms with van der Waals surface area (Å²) in [5.41, 5.74) is -2.90. The molecule has 3 aliphatic rings. The Kier molecular flexibility index (Phi) is 9.28. The van der Waals surface area contributed by atoms with E-state index in [0.29, 0.717) is 0 Å². The average molecular weight is 529 g/mol. The summed E-state index contributed by atoms with van der Waals surface area (Å²) in [6.07, 6.45) is -23.2. The summed E-state index contributed by atoms with van der Waals surface area (Å²) in [7, 11) is 0. The highest BCUT2D eigenvalue weighted by molar-refractivity contribution is 5.73. The number of hydrogen-bond donors (Lipinski definition) is 11. The van der Waals surface area contributed by atoms with Crippen LogP contribution in [-0.2, 0) is 23.7 Å². The van der Waals surface area contributed by atoms with Crippen LogP contribution in [0.3, 0.4) is 0 Å². The first kappa shape index (κ1) is 29.5. The Morgan fingerprint density at radius 2 is 1.47 bits per heavy atom. The molecule has 1 amide bonds. The summed E-state index contributed by atoms with van der Waals surface area (Å²) in [5, 5.41) is 106. The highest BCUT2D eigenvalue weighted by Gasteiger charge is 2.65. The van der Waals surface area contributed by atoms with Crippen LogP contribution < -0.4 is 5.32 Å². The molecule has 3 saturated heterocycles. The van der Waals surface area contributed by atoms with Gasteiger partial charge in [-0.25, -0.2) is 0 Å². The first-order valence-corrected chi connectivity index (χ1v) is 11.4. The van der Waals surface area contributed by atoms with Crippen molar-refractivity contribution < 1.29 is 74.8 Å². The minimum Gasteiger partial charge on any atom is -0.394 e. The lowest BCUT2D eigenvalue weighted by Crippen LogP contribution is -2.77. The van der Waals surface area contributed by atoms with E-state index in [4.69, 9.17) is 18.9 Å². The lowest BCUT2D eigenvalue weighted by Gasteiger charge is -2.55. The van der Waals surface area contributed by atoms with E-state index in [1.165, 1.54) is 6.92 Å². The molecule has 3 aliphatic heterocycles. The molecule has 0 bridgehead atoms. The molecule has 3 fully saturated rings. The number of hydrogen-bond acceptors (Lipinski definition) is 15. The van der Waals surface area contributed by atoms with Crippen molar-refractivity contribution in [3.8, 4) is 0 Å². The third-order valence-corrected chi connectivity index (χ3v) is 6.87. The van der Waals surface area contributed by atoms with Crippen LogP contribution in [0.1, 0.15) is 13.8 Å². The lowest BCUT2D eigenvalue weighted by molar-refractivity contribution is -0.403. The van der Waals surface area contributed by atoms with Crippen molar-refractivity contribution in [2.24, 2.45) is 0 Å². The number of carbonyl (C=O) groups is 1. The summed E-state index contributed by atoms with van der Waals surface area (Å²) in [6.45, 7) is 0.688. The lowest BCUT2D eigenvalue weighted by atomic mass is 9.76. The van der Waals surface area contributed by atoms with Crippen LogP contribution in [0.15, 0.2) is 0 Å². The zero-order valence-corrected chi connectivity index (χ0v) is 19.5. The molecule has 0 saturated carbocycles. The minimum atomic E-state index is -2.90. The second kappa shape index (κ2) is 11.3. The van der Waals surface area contributed by atoms with Gasteiger partial charge in [0.2, 0.25) is 5.91 Å². The monoisotopic (exact) mass is 529 g/mol. The number of aliphatic hydroxyl groups excluding tert-OH is 9. The third kappa shape index (κ3) is 5.12. The number of amides is 1. The highest BCUT2D eigenvalue weighted by Crippen LogP contribution is 2.41. The fraction of sp³-hybridized carbons (Fsp3) is 0.950. The van der Waals surface area contributed by atoms with Crippen LogP contribution in [0.5, 0.6) is 0 Å². The molecule has 15 atom stereocenters. The predicted octanol–water partition coefficient (Wildman–Crippen LogP) is -7.01. The van der Waals surface area contributed by atoms with E-state index in [1.807, 2.05) is 0 Å². The van der Waals surface area contributed by atoms with Gasteiger partial charge in [-0.1, -0.05) is 0 Å². The normalized spacial score (nSPS) is 52.1. The molecule has 16 nitrogen and oxygen atoms in total. The fourth-order valence-electron chi connectivity index (χ4n) is 4.78. The van der Waals surface area contributed by atoms with Crippen LogP contribution in [0.2, 0.25) is 0 Å². The third-order valence-electron chi connectivity index (χ3n) is 6.87. The number of aliphatic hydroxyl groups is 10. The summed E-state index contributed by atoms with van der Waals surface area (Å²) >= 11 is 0. The Morgan fingerprint density at radius 3 is 2.03 bits per heavy atom. The van der Waals surface area contributed by atoms with Crippen LogP contribution in [-0.4, -0.2) is 162 Å². The van der Waals surface area contributed by atoms with Gasteiger partial charge in [0.25, 0.3) is 0 Å². The number of rotatable bonds is 6. The minimum absolute atomic E-state index is 0.660. The molecule has 16 heteroatoms. The van der Waals surface area contributed by atoms with Gasteiger partial charge in [-0.3, -0.25) is 4.79 Å². The first-order chi connectivity index (χ1) is 16.8. The Bertz CT molecular complexity index is 761. The van der Waals surface area contributed by atoms with Crippen molar-refractivity contribution in [3.05, 3.63) is 0 Å². The van der Waals surface area contributed by atoms with Crippen molar-refractivity contribution in [2.45, 2.75) is 105 Å². The smallest absolute Gasteiger partial charge is 0.217 e. The van der Waals surface area contributed by atoms with E-state index < -0.39 is 110 Å². The zero-order valence-electron chi connectivity index (χ0n) is 19.5. The van der Waals surface area contributed by atoms with Crippen molar-refractivity contribution >= 4 is 5.91 Å².